The summed E-state index contributed by atoms with van der Waals surface area (Å²) >= 11 is 0. The second kappa shape index (κ2) is 3.02. The van der Waals surface area contributed by atoms with Crippen LogP contribution >= 0.6 is 0 Å². The minimum Gasteiger partial charge on any atom is -0.311 e. The molecule has 0 aliphatic rings. The summed E-state index contributed by atoms with van der Waals surface area (Å²) in [5, 5.41) is 3.22. The van der Waals surface area contributed by atoms with Gasteiger partial charge >= 0.3 is 0 Å². The van der Waals surface area contributed by atoms with E-state index in [4.69, 9.17) is 0 Å². The molecule has 0 aromatic rings. The van der Waals surface area contributed by atoms with Crippen LogP contribution < -0.4 is 5.32 Å². The Bertz CT molecular complexity index is 112. The molecule has 1 nitrogen and oxygen atoms in total. The first-order valence-electron chi connectivity index (χ1n) is 3.37. The van der Waals surface area contributed by atoms with Crippen molar-refractivity contribution < 1.29 is 0 Å². The number of nitrogens with one attached hydrogen (secondary N) is 1. The Morgan fingerprint density at radius 3 is 2.00 bits per heavy atom. The fourth-order valence-electron chi connectivity index (χ4n) is 0.558. The molecular formula is C8H17N. The van der Waals surface area contributed by atoms with E-state index in [1.807, 2.05) is 7.05 Å². The standard InChI is InChI=1S/C8H17N/c1-6-7(2)8(3,4)9-5/h6,9H,1-5H3/b7-6+. The largest absolute Gasteiger partial charge is 0.311 e. The van der Waals surface area contributed by atoms with Crippen molar-refractivity contribution in [3.05, 3.63) is 11.6 Å². The summed E-state index contributed by atoms with van der Waals surface area (Å²) in [7, 11) is 1.98. The van der Waals surface area contributed by atoms with Gasteiger partial charge in [-0.1, -0.05) is 11.6 Å². The van der Waals surface area contributed by atoms with Crippen molar-refractivity contribution in [2.45, 2.75) is 33.2 Å². The quantitative estimate of drug-likeness (QED) is 0.559. The lowest BCUT2D eigenvalue weighted by Crippen LogP contribution is -2.37. The Labute approximate surface area is 58.2 Å². The molecule has 1 N–H and O–H groups in total. The van der Waals surface area contributed by atoms with Crippen molar-refractivity contribution in [2.24, 2.45) is 0 Å². The molecule has 0 radical (unpaired) electrons. The number of hydrogen-bond acceptors (Lipinski definition) is 1. The molecule has 54 valence electrons. The molecule has 0 aromatic heterocycles. The zero-order valence-electron chi connectivity index (χ0n) is 7.08. The molecule has 0 spiro atoms. The highest BCUT2D eigenvalue weighted by atomic mass is 14.9. The minimum atomic E-state index is 0.161. The molecule has 9 heavy (non-hydrogen) atoms. The maximum atomic E-state index is 3.22. The monoisotopic (exact) mass is 127 g/mol. The SMILES string of the molecule is C/C=C(\C)C(C)(C)NC. The highest BCUT2D eigenvalue weighted by Gasteiger charge is 2.14. The van der Waals surface area contributed by atoms with Crippen LogP contribution in [0.5, 0.6) is 0 Å². The van der Waals surface area contributed by atoms with Crippen LogP contribution in [-0.4, -0.2) is 12.6 Å². The third-order valence-corrected chi connectivity index (χ3v) is 2.04. The van der Waals surface area contributed by atoms with E-state index in [-0.39, 0.29) is 5.54 Å². The van der Waals surface area contributed by atoms with Crippen molar-refractivity contribution in [3.8, 4) is 0 Å². The average molecular weight is 127 g/mol. The molecule has 0 aliphatic carbocycles. The predicted octanol–water partition coefficient (Wildman–Crippen LogP) is 1.95. The Kier molecular flexibility index (Phi) is 2.92. The number of likely N-dealkylation sites (N-methyl/N-ethyl adjacent to an activating group) is 1. The Balaban J connectivity index is 4.14. The average Bonchev–Trinajstić information content (AvgIpc) is 1.86. The van der Waals surface area contributed by atoms with Crippen LogP contribution in [0.2, 0.25) is 0 Å². The van der Waals surface area contributed by atoms with Gasteiger partial charge in [-0.2, -0.15) is 0 Å². The molecule has 0 fully saturated rings. The van der Waals surface area contributed by atoms with E-state index in [1.165, 1.54) is 5.57 Å². The van der Waals surface area contributed by atoms with Gasteiger partial charge in [0.1, 0.15) is 0 Å². The van der Waals surface area contributed by atoms with Gasteiger partial charge < -0.3 is 5.32 Å². The molecule has 0 rings (SSSR count). The molecular weight excluding hydrogens is 110 g/mol. The summed E-state index contributed by atoms with van der Waals surface area (Å²) in [4.78, 5) is 0. The van der Waals surface area contributed by atoms with E-state index < -0.39 is 0 Å². The zero-order valence-corrected chi connectivity index (χ0v) is 7.08. The third kappa shape index (κ3) is 2.19. The van der Waals surface area contributed by atoms with E-state index in [1.54, 1.807) is 0 Å². The second-order valence-electron chi connectivity index (χ2n) is 2.85. The van der Waals surface area contributed by atoms with Crippen molar-refractivity contribution in [1.29, 1.82) is 0 Å². The molecule has 1 heteroatoms. The summed E-state index contributed by atoms with van der Waals surface area (Å²) in [6.45, 7) is 8.54. The molecule has 0 amide bonds. The maximum Gasteiger partial charge on any atom is 0.0331 e. The minimum absolute atomic E-state index is 0.161. The number of allylic oxidation sites excluding steroid dienone is 1. The first-order chi connectivity index (χ1) is 4.04. The van der Waals surface area contributed by atoms with Crippen LogP contribution in [0.15, 0.2) is 11.6 Å². The molecule has 0 saturated heterocycles. The van der Waals surface area contributed by atoms with E-state index >= 15 is 0 Å². The summed E-state index contributed by atoms with van der Waals surface area (Å²) in [6, 6.07) is 0. The van der Waals surface area contributed by atoms with Gasteiger partial charge in [0.05, 0.1) is 0 Å². The van der Waals surface area contributed by atoms with Crippen LogP contribution in [0.1, 0.15) is 27.7 Å². The van der Waals surface area contributed by atoms with Crippen LogP contribution in [0.4, 0.5) is 0 Å². The Morgan fingerprint density at radius 2 is 1.89 bits per heavy atom. The first-order valence-corrected chi connectivity index (χ1v) is 3.37. The smallest absolute Gasteiger partial charge is 0.0331 e. The highest BCUT2D eigenvalue weighted by Crippen LogP contribution is 2.12. The van der Waals surface area contributed by atoms with Crippen molar-refractivity contribution in [2.75, 3.05) is 7.05 Å². The van der Waals surface area contributed by atoms with Gasteiger partial charge in [-0.05, 0) is 34.7 Å². The molecule has 0 bridgehead atoms. The van der Waals surface area contributed by atoms with Crippen molar-refractivity contribution in [1.82, 2.24) is 5.32 Å². The van der Waals surface area contributed by atoms with Gasteiger partial charge in [-0.25, -0.2) is 0 Å². The third-order valence-electron chi connectivity index (χ3n) is 2.04. The van der Waals surface area contributed by atoms with Crippen LogP contribution in [0.3, 0.4) is 0 Å². The lowest BCUT2D eigenvalue weighted by Gasteiger charge is -2.24. The molecule has 0 atom stereocenters. The summed E-state index contributed by atoms with van der Waals surface area (Å²) in [5.41, 5.74) is 1.54. The maximum absolute atomic E-state index is 3.22. The second-order valence-corrected chi connectivity index (χ2v) is 2.85. The van der Waals surface area contributed by atoms with E-state index in [9.17, 15) is 0 Å². The number of rotatable bonds is 2. The van der Waals surface area contributed by atoms with Gasteiger partial charge in [0, 0.05) is 5.54 Å². The summed E-state index contributed by atoms with van der Waals surface area (Å²) < 4.78 is 0. The van der Waals surface area contributed by atoms with E-state index in [0.29, 0.717) is 0 Å². The first kappa shape index (κ1) is 8.70. The molecule has 0 heterocycles. The van der Waals surface area contributed by atoms with Crippen LogP contribution in [0, 0.1) is 0 Å². The summed E-state index contributed by atoms with van der Waals surface area (Å²) in [5.74, 6) is 0. The fourth-order valence-corrected chi connectivity index (χ4v) is 0.558. The molecule has 0 aromatic carbocycles. The predicted molar refractivity (Wildman–Crippen MR) is 42.6 cm³/mol. The molecule has 0 aliphatic heterocycles. The van der Waals surface area contributed by atoms with Crippen LogP contribution in [-0.2, 0) is 0 Å². The molecule has 0 unspecified atom stereocenters. The van der Waals surface area contributed by atoms with Crippen molar-refractivity contribution >= 4 is 0 Å². The van der Waals surface area contributed by atoms with Crippen LogP contribution in [0.25, 0.3) is 0 Å². The lowest BCUT2D eigenvalue weighted by molar-refractivity contribution is 0.496. The van der Waals surface area contributed by atoms with Gasteiger partial charge in [0.2, 0.25) is 0 Å². The lowest BCUT2D eigenvalue weighted by atomic mass is 9.96. The Morgan fingerprint density at radius 1 is 1.44 bits per heavy atom. The topological polar surface area (TPSA) is 12.0 Å². The number of hydrogen-bond donors (Lipinski definition) is 1. The fraction of sp³-hybridized carbons (Fsp3) is 0.750. The summed E-state index contributed by atoms with van der Waals surface area (Å²) in [6.07, 6.45) is 2.14. The normalized spacial score (nSPS) is 14.1. The highest BCUT2D eigenvalue weighted by molar-refractivity contribution is 5.12. The molecule has 0 saturated carbocycles. The van der Waals surface area contributed by atoms with Gasteiger partial charge in [0.25, 0.3) is 0 Å². The van der Waals surface area contributed by atoms with E-state index in [0.717, 1.165) is 0 Å². The van der Waals surface area contributed by atoms with Gasteiger partial charge in [-0.15, -0.1) is 0 Å². The van der Waals surface area contributed by atoms with Crippen molar-refractivity contribution in [3.63, 3.8) is 0 Å². The Hall–Kier alpha value is -0.300. The van der Waals surface area contributed by atoms with Gasteiger partial charge in [0.15, 0.2) is 0 Å². The zero-order chi connectivity index (χ0) is 7.49. The van der Waals surface area contributed by atoms with E-state index in [2.05, 4.69) is 39.1 Å². The van der Waals surface area contributed by atoms with Gasteiger partial charge in [-0.3, -0.25) is 0 Å².